The zero-order chi connectivity index (χ0) is 19.9. The Morgan fingerprint density at radius 2 is 1.71 bits per heavy atom. The summed E-state index contributed by atoms with van der Waals surface area (Å²) in [7, 11) is 0. The van der Waals surface area contributed by atoms with Crippen molar-refractivity contribution in [3.05, 3.63) is 90.8 Å². The molecule has 0 amide bonds. The number of allylic oxidation sites excluding steroid dienone is 1. The SMILES string of the molecule is C=CCC(C(=O)O)c1ccc(N(Cc2ccc(O)cc2)c2ncccn2)cc1. The van der Waals surface area contributed by atoms with Crippen molar-refractivity contribution in [1.82, 2.24) is 9.97 Å². The van der Waals surface area contributed by atoms with Crippen LogP contribution in [-0.4, -0.2) is 26.2 Å². The number of aromatic nitrogens is 2. The molecule has 0 saturated carbocycles. The van der Waals surface area contributed by atoms with Gasteiger partial charge in [-0.1, -0.05) is 30.3 Å². The lowest BCUT2D eigenvalue weighted by atomic mass is 9.95. The van der Waals surface area contributed by atoms with Gasteiger partial charge in [-0.3, -0.25) is 4.79 Å². The number of hydrogen-bond acceptors (Lipinski definition) is 5. The first kappa shape index (κ1) is 19.1. The number of rotatable bonds is 8. The predicted molar refractivity (Wildman–Crippen MR) is 108 cm³/mol. The third kappa shape index (κ3) is 4.54. The minimum absolute atomic E-state index is 0.206. The molecular weight excluding hydrogens is 354 g/mol. The Morgan fingerprint density at radius 3 is 2.29 bits per heavy atom. The minimum Gasteiger partial charge on any atom is -0.508 e. The van der Waals surface area contributed by atoms with Gasteiger partial charge >= 0.3 is 5.97 Å². The summed E-state index contributed by atoms with van der Waals surface area (Å²) in [5, 5.41) is 18.9. The van der Waals surface area contributed by atoms with Crippen molar-refractivity contribution >= 4 is 17.6 Å². The number of benzene rings is 2. The van der Waals surface area contributed by atoms with E-state index in [2.05, 4.69) is 16.5 Å². The summed E-state index contributed by atoms with van der Waals surface area (Å²) in [4.78, 5) is 22.1. The Hall–Kier alpha value is -3.67. The molecule has 1 atom stereocenters. The largest absolute Gasteiger partial charge is 0.508 e. The van der Waals surface area contributed by atoms with Crippen LogP contribution in [0.3, 0.4) is 0 Å². The van der Waals surface area contributed by atoms with Crippen LogP contribution in [0.4, 0.5) is 11.6 Å². The molecule has 2 aromatic carbocycles. The van der Waals surface area contributed by atoms with Gasteiger partial charge in [0.15, 0.2) is 0 Å². The molecule has 0 spiro atoms. The molecule has 0 bridgehead atoms. The summed E-state index contributed by atoms with van der Waals surface area (Å²) in [5.41, 5.74) is 2.53. The average molecular weight is 375 g/mol. The fraction of sp³-hybridized carbons (Fsp3) is 0.136. The van der Waals surface area contributed by atoms with E-state index >= 15 is 0 Å². The number of hydrogen-bond donors (Lipinski definition) is 2. The van der Waals surface area contributed by atoms with Crippen LogP contribution in [0.25, 0.3) is 0 Å². The van der Waals surface area contributed by atoms with Gasteiger partial charge in [-0.2, -0.15) is 0 Å². The number of nitrogens with zero attached hydrogens (tertiary/aromatic N) is 3. The van der Waals surface area contributed by atoms with Crippen LogP contribution in [-0.2, 0) is 11.3 Å². The maximum atomic E-state index is 11.5. The van der Waals surface area contributed by atoms with Crippen LogP contribution in [0.5, 0.6) is 5.75 Å². The number of phenolic OH excluding ortho intramolecular Hbond substituents is 1. The van der Waals surface area contributed by atoms with E-state index in [1.807, 2.05) is 41.3 Å². The van der Waals surface area contributed by atoms with Crippen LogP contribution in [0, 0.1) is 0 Å². The maximum absolute atomic E-state index is 11.5. The second-order valence-corrected chi connectivity index (χ2v) is 6.31. The van der Waals surface area contributed by atoms with Crippen LogP contribution < -0.4 is 4.90 Å². The van der Waals surface area contributed by atoms with Crippen molar-refractivity contribution in [2.24, 2.45) is 0 Å². The summed E-state index contributed by atoms with van der Waals surface area (Å²) >= 11 is 0. The van der Waals surface area contributed by atoms with Crippen molar-refractivity contribution in [1.29, 1.82) is 0 Å². The molecule has 0 aliphatic carbocycles. The van der Waals surface area contributed by atoms with Gasteiger partial charge in [0, 0.05) is 18.1 Å². The Kier molecular flexibility index (Phi) is 6.01. The highest BCUT2D eigenvalue weighted by molar-refractivity contribution is 5.76. The van der Waals surface area contributed by atoms with Crippen molar-refractivity contribution in [3.63, 3.8) is 0 Å². The molecule has 2 N–H and O–H groups in total. The Morgan fingerprint density at radius 1 is 1.07 bits per heavy atom. The lowest BCUT2D eigenvalue weighted by molar-refractivity contribution is -0.138. The highest BCUT2D eigenvalue weighted by Crippen LogP contribution is 2.28. The summed E-state index contributed by atoms with van der Waals surface area (Å²) in [6.45, 7) is 4.14. The molecule has 0 aliphatic rings. The van der Waals surface area contributed by atoms with Crippen molar-refractivity contribution in [3.8, 4) is 5.75 Å². The monoisotopic (exact) mass is 375 g/mol. The van der Waals surface area contributed by atoms with E-state index in [9.17, 15) is 15.0 Å². The van der Waals surface area contributed by atoms with E-state index in [1.165, 1.54) is 0 Å². The summed E-state index contributed by atoms with van der Waals surface area (Å²) in [6, 6.07) is 16.0. The third-order valence-corrected chi connectivity index (χ3v) is 4.38. The van der Waals surface area contributed by atoms with Crippen molar-refractivity contribution in [2.75, 3.05) is 4.90 Å². The standard InChI is InChI=1S/C22H21N3O3/c1-2-4-20(21(27)28)17-7-9-18(10-8-17)25(22-23-13-3-14-24-22)15-16-5-11-19(26)12-6-16/h2-3,5-14,20,26H,1,4,15H2,(H,27,28). The van der Waals surface area contributed by atoms with Crippen LogP contribution in [0.2, 0.25) is 0 Å². The molecule has 28 heavy (non-hydrogen) atoms. The first-order valence-electron chi connectivity index (χ1n) is 8.84. The second-order valence-electron chi connectivity index (χ2n) is 6.31. The zero-order valence-electron chi connectivity index (χ0n) is 15.3. The number of carboxylic acid groups (broad SMARTS) is 1. The third-order valence-electron chi connectivity index (χ3n) is 4.38. The quantitative estimate of drug-likeness (QED) is 0.572. The predicted octanol–water partition coefficient (Wildman–Crippen LogP) is 4.26. The number of phenols is 1. The molecule has 6 heteroatoms. The van der Waals surface area contributed by atoms with Gasteiger partial charge in [0.25, 0.3) is 0 Å². The molecule has 0 radical (unpaired) electrons. The lowest BCUT2D eigenvalue weighted by Crippen LogP contribution is -2.19. The smallest absolute Gasteiger partial charge is 0.311 e. The fourth-order valence-corrected chi connectivity index (χ4v) is 2.92. The minimum atomic E-state index is -0.875. The van der Waals surface area contributed by atoms with Gasteiger partial charge < -0.3 is 15.1 Å². The molecule has 1 aromatic heterocycles. The Balaban J connectivity index is 1.92. The van der Waals surface area contributed by atoms with Crippen LogP contribution in [0.1, 0.15) is 23.5 Å². The van der Waals surface area contributed by atoms with E-state index in [0.717, 1.165) is 16.8 Å². The molecule has 3 rings (SSSR count). The molecule has 3 aromatic rings. The second kappa shape index (κ2) is 8.81. The molecule has 0 saturated heterocycles. The molecule has 142 valence electrons. The molecule has 1 unspecified atom stereocenters. The van der Waals surface area contributed by atoms with E-state index in [-0.39, 0.29) is 5.75 Å². The number of aliphatic carboxylic acids is 1. The van der Waals surface area contributed by atoms with Gasteiger partial charge in [-0.25, -0.2) is 9.97 Å². The van der Waals surface area contributed by atoms with Gasteiger partial charge in [-0.05, 0) is 47.9 Å². The number of carboxylic acids is 1. The molecule has 0 fully saturated rings. The highest BCUT2D eigenvalue weighted by Gasteiger charge is 2.19. The van der Waals surface area contributed by atoms with E-state index in [4.69, 9.17) is 0 Å². The first-order valence-corrected chi connectivity index (χ1v) is 8.84. The first-order chi connectivity index (χ1) is 13.6. The van der Waals surface area contributed by atoms with Gasteiger partial charge in [0.1, 0.15) is 5.75 Å². The van der Waals surface area contributed by atoms with Gasteiger partial charge in [0.05, 0.1) is 12.5 Å². The maximum Gasteiger partial charge on any atom is 0.311 e. The highest BCUT2D eigenvalue weighted by atomic mass is 16.4. The average Bonchev–Trinajstić information content (AvgIpc) is 2.72. The van der Waals surface area contributed by atoms with Gasteiger partial charge in [0.2, 0.25) is 5.95 Å². The van der Waals surface area contributed by atoms with E-state index in [1.54, 1.807) is 36.7 Å². The normalized spacial score (nSPS) is 11.6. The molecular formula is C22H21N3O3. The van der Waals surface area contributed by atoms with Gasteiger partial charge in [-0.15, -0.1) is 6.58 Å². The molecule has 1 heterocycles. The topological polar surface area (TPSA) is 86.5 Å². The number of anilines is 2. The summed E-state index contributed by atoms with van der Waals surface area (Å²) in [6.07, 6.45) is 5.32. The van der Waals surface area contributed by atoms with Crippen LogP contribution >= 0.6 is 0 Å². The Bertz CT molecular complexity index is 926. The van der Waals surface area contributed by atoms with Crippen LogP contribution in [0.15, 0.2) is 79.6 Å². The molecule has 0 aliphatic heterocycles. The summed E-state index contributed by atoms with van der Waals surface area (Å²) in [5.74, 6) is -0.758. The van der Waals surface area contributed by atoms with Crippen molar-refractivity contribution < 1.29 is 15.0 Å². The zero-order valence-corrected chi connectivity index (χ0v) is 15.3. The Labute approximate surface area is 163 Å². The van der Waals surface area contributed by atoms with E-state index in [0.29, 0.717) is 18.9 Å². The van der Waals surface area contributed by atoms with Crippen molar-refractivity contribution in [2.45, 2.75) is 18.9 Å². The number of aromatic hydroxyl groups is 1. The fourth-order valence-electron chi connectivity index (χ4n) is 2.92. The molecule has 6 nitrogen and oxygen atoms in total. The lowest BCUT2D eigenvalue weighted by Gasteiger charge is -2.23. The van der Waals surface area contributed by atoms with E-state index < -0.39 is 11.9 Å². The summed E-state index contributed by atoms with van der Waals surface area (Å²) < 4.78 is 0. The number of carbonyl (C=O) groups is 1.